The predicted molar refractivity (Wildman–Crippen MR) is 117 cm³/mol. The number of carbonyl (C=O) groups excluding carboxylic acids is 1. The summed E-state index contributed by atoms with van der Waals surface area (Å²) in [5.74, 6) is 0.161. The third kappa shape index (κ3) is 5.14. The van der Waals surface area contributed by atoms with E-state index in [1.165, 1.54) is 22.4 Å². The molecule has 150 valence electrons. The lowest BCUT2D eigenvalue weighted by molar-refractivity contribution is -0.121. The Kier molecular flexibility index (Phi) is 7.10. The summed E-state index contributed by atoms with van der Waals surface area (Å²) in [5, 5.41) is 3.18. The second-order valence-corrected chi connectivity index (χ2v) is 7.90. The lowest BCUT2D eigenvalue weighted by Gasteiger charge is -2.36. The molecule has 4 heteroatoms. The minimum Gasteiger partial charge on any atom is -0.378 e. The van der Waals surface area contributed by atoms with E-state index in [0.29, 0.717) is 13.0 Å². The molecule has 2 aromatic rings. The summed E-state index contributed by atoms with van der Waals surface area (Å²) in [4.78, 5) is 16.8. The van der Waals surface area contributed by atoms with Crippen molar-refractivity contribution >= 4 is 11.6 Å². The van der Waals surface area contributed by atoms with E-state index in [9.17, 15) is 4.79 Å². The molecule has 1 unspecified atom stereocenters. The van der Waals surface area contributed by atoms with Crippen LogP contribution in [0.1, 0.15) is 48.9 Å². The van der Waals surface area contributed by atoms with Crippen LogP contribution < -0.4 is 10.2 Å². The second kappa shape index (κ2) is 9.74. The van der Waals surface area contributed by atoms with Gasteiger partial charge in [0.05, 0.1) is 6.04 Å². The van der Waals surface area contributed by atoms with Gasteiger partial charge in [-0.15, -0.1) is 0 Å². The highest BCUT2D eigenvalue weighted by atomic mass is 16.1. The highest BCUT2D eigenvalue weighted by Gasteiger charge is 2.25. The number of hydrogen-bond donors (Lipinski definition) is 1. The van der Waals surface area contributed by atoms with Crippen LogP contribution in [0.2, 0.25) is 0 Å². The normalized spacial score (nSPS) is 15.0. The van der Waals surface area contributed by atoms with Crippen LogP contribution >= 0.6 is 0 Å². The van der Waals surface area contributed by atoms with E-state index in [2.05, 4.69) is 84.7 Å². The average molecular weight is 380 g/mol. The Morgan fingerprint density at radius 3 is 2.50 bits per heavy atom. The van der Waals surface area contributed by atoms with Crippen molar-refractivity contribution in [3.63, 3.8) is 0 Å². The monoisotopic (exact) mass is 379 g/mol. The van der Waals surface area contributed by atoms with Gasteiger partial charge in [-0.3, -0.25) is 9.69 Å². The molecule has 0 aliphatic carbocycles. The summed E-state index contributed by atoms with van der Waals surface area (Å²) in [5.41, 5.74) is 5.31. The van der Waals surface area contributed by atoms with Gasteiger partial charge in [0, 0.05) is 45.8 Å². The molecular formula is C24H33N3O. The number of amides is 1. The Balaban J connectivity index is 1.77. The van der Waals surface area contributed by atoms with E-state index in [4.69, 9.17) is 0 Å². The highest BCUT2D eigenvalue weighted by molar-refractivity contribution is 5.75. The Bertz CT molecular complexity index is 770. The fraction of sp³-hybridized carbons (Fsp3) is 0.458. The maximum absolute atomic E-state index is 12.2. The molecule has 0 bridgehead atoms. The van der Waals surface area contributed by atoms with Gasteiger partial charge in [0.2, 0.25) is 5.91 Å². The first kappa shape index (κ1) is 20.4. The van der Waals surface area contributed by atoms with Crippen molar-refractivity contribution in [1.82, 2.24) is 10.2 Å². The first-order valence-corrected chi connectivity index (χ1v) is 10.4. The molecular weight excluding hydrogens is 346 g/mol. The lowest BCUT2D eigenvalue weighted by Crippen LogP contribution is -2.40. The fourth-order valence-corrected chi connectivity index (χ4v) is 3.87. The topological polar surface area (TPSA) is 35.6 Å². The third-order valence-electron chi connectivity index (χ3n) is 5.65. The van der Waals surface area contributed by atoms with E-state index < -0.39 is 0 Å². The van der Waals surface area contributed by atoms with Crippen molar-refractivity contribution in [2.75, 3.05) is 32.1 Å². The molecule has 28 heavy (non-hydrogen) atoms. The molecule has 4 nitrogen and oxygen atoms in total. The highest BCUT2D eigenvalue weighted by Crippen LogP contribution is 2.28. The quantitative estimate of drug-likeness (QED) is 0.748. The molecule has 0 fully saturated rings. The molecule has 1 aliphatic rings. The number of nitrogens with one attached hydrogen (secondary N) is 1. The second-order valence-electron chi connectivity index (χ2n) is 7.90. The van der Waals surface area contributed by atoms with Gasteiger partial charge in [-0.05, 0) is 41.7 Å². The van der Waals surface area contributed by atoms with E-state index in [0.717, 1.165) is 32.4 Å². The molecule has 1 atom stereocenters. The van der Waals surface area contributed by atoms with Gasteiger partial charge >= 0.3 is 0 Å². The Morgan fingerprint density at radius 1 is 1.11 bits per heavy atom. The maximum atomic E-state index is 12.2. The molecule has 2 aromatic carbocycles. The summed E-state index contributed by atoms with van der Waals surface area (Å²) in [7, 11) is 4.12. The summed E-state index contributed by atoms with van der Waals surface area (Å²) < 4.78 is 0. The average Bonchev–Trinajstić information content (AvgIpc) is 2.72. The summed E-state index contributed by atoms with van der Waals surface area (Å²) >= 11 is 0. The smallest absolute Gasteiger partial charge is 0.220 e. The molecule has 3 rings (SSSR count). The molecule has 0 saturated heterocycles. The number of nitrogens with zero attached hydrogens (tertiary/aromatic N) is 2. The van der Waals surface area contributed by atoms with Gasteiger partial charge in [-0.2, -0.15) is 0 Å². The summed E-state index contributed by atoms with van der Waals surface area (Å²) in [6.45, 7) is 4.72. The van der Waals surface area contributed by atoms with E-state index in [1.54, 1.807) is 0 Å². The number of anilines is 1. The number of carbonyl (C=O) groups is 1. The van der Waals surface area contributed by atoms with Crippen molar-refractivity contribution in [2.24, 2.45) is 0 Å². The molecule has 0 radical (unpaired) electrons. The summed E-state index contributed by atoms with van der Waals surface area (Å²) in [6.07, 6.45) is 3.68. The SMILES string of the molecule is CCCCC(=O)NCC(c1ccc(N(C)C)cc1)N1CCc2ccccc2C1. The predicted octanol–water partition coefficient (Wildman–Crippen LogP) is 4.16. The van der Waals surface area contributed by atoms with Crippen molar-refractivity contribution in [2.45, 2.75) is 45.2 Å². The van der Waals surface area contributed by atoms with Gasteiger partial charge in [-0.25, -0.2) is 0 Å². The van der Waals surface area contributed by atoms with Crippen LogP contribution in [-0.4, -0.2) is 38.0 Å². The van der Waals surface area contributed by atoms with Crippen LogP contribution in [0.5, 0.6) is 0 Å². The van der Waals surface area contributed by atoms with Crippen LogP contribution in [0, 0.1) is 0 Å². The molecule has 1 N–H and O–H groups in total. The molecule has 1 heterocycles. The van der Waals surface area contributed by atoms with Crippen molar-refractivity contribution in [1.29, 1.82) is 0 Å². The Morgan fingerprint density at radius 2 is 1.82 bits per heavy atom. The molecule has 1 aliphatic heterocycles. The van der Waals surface area contributed by atoms with Crippen LogP contribution in [0.25, 0.3) is 0 Å². The number of hydrogen-bond acceptors (Lipinski definition) is 3. The standard InChI is InChI=1S/C24H33N3O/c1-4-5-10-24(28)25-17-23(20-11-13-22(14-12-20)26(2)3)27-16-15-19-8-6-7-9-21(19)18-27/h6-9,11-14,23H,4-5,10,15-18H2,1-3H3,(H,25,28). The van der Waals surface area contributed by atoms with Crippen LogP contribution in [-0.2, 0) is 17.8 Å². The van der Waals surface area contributed by atoms with E-state index in [1.807, 2.05) is 0 Å². The molecule has 1 amide bonds. The van der Waals surface area contributed by atoms with Crippen LogP contribution in [0.15, 0.2) is 48.5 Å². The number of benzene rings is 2. The zero-order chi connectivity index (χ0) is 19.9. The fourth-order valence-electron chi connectivity index (χ4n) is 3.87. The minimum absolute atomic E-state index is 0.161. The van der Waals surface area contributed by atoms with Crippen molar-refractivity contribution in [3.8, 4) is 0 Å². The van der Waals surface area contributed by atoms with Gasteiger partial charge in [-0.1, -0.05) is 49.7 Å². The van der Waals surface area contributed by atoms with Gasteiger partial charge in [0.25, 0.3) is 0 Å². The zero-order valence-corrected chi connectivity index (χ0v) is 17.4. The van der Waals surface area contributed by atoms with E-state index in [-0.39, 0.29) is 11.9 Å². The first-order chi connectivity index (χ1) is 13.6. The Hall–Kier alpha value is -2.33. The first-order valence-electron chi connectivity index (χ1n) is 10.4. The van der Waals surface area contributed by atoms with Gasteiger partial charge < -0.3 is 10.2 Å². The van der Waals surface area contributed by atoms with Crippen LogP contribution in [0.4, 0.5) is 5.69 Å². The number of rotatable bonds is 8. The van der Waals surface area contributed by atoms with Gasteiger partial charge in [0.15, 0.2) is 0 Å². The largest absolute Gasteiger partial charge is 0.378 e. The molecule has 0 spiro atoms. The molecule has 0 aromatic heterocycles. The van der Waals surface area contributed by atoms with Crippen LogP contribution in [0.3, 0.4) is 0 Å². The number of unbranched alkanes of at least 4 members (excludes halogenated alkanes) is 1. The van der Waals surface area contributed by atoms with Crippen molar-refractivity contribution in [3.05, 3.63) is 65.2 Å². The van der Waals surface area contributed by atoms with Crippen molar-refractivity contribution < 1.29 is 4.79 Å². The molecule has 0 saturated carbocycles. The minimum atomic E-state index is 0.161. The third-order valence-corrected chi connectivity index (χ3v) is 5.65. The van der Waals surface area contributed by atoms with Gasteiger partial charge in [0.1, 0.15) is 0 Å². The summed E-state index contributed by atoms with van der Waals surface area (Å²) in [6, 6.07) is 17.6. The zero-order valence-electron chi connectivity index (χ0n) is 17.4. The number of fused-ring (bicyclic) bond motifs is 1. The lowest BCUT2D eigenvalue weighted by atomic mass is 9.96. The Labute approximate surface area is 169 Å². The maximum Gasteiger partial charge on any atom is 0.220 e. The van der Waals surface area contributed by atoms with E-state index >= 15 is 0 Å².